The molecule has 2 aromatic carbocycles. The van der Waals surface area contributed by atoms with Gasteiger partial charge >= 0.3 is 0 Å². The van der Waals surface area contributed by atoms with Crippen LogP contribution < -0.4 is 20.1 Å². The van der Waals surface area contributed by atoms with Crippen LogP contribution in [0.25, 0.3) is 0 Å². The molecule has 1 aliphatic heterocycles. The minimum Gasteiger partial charge on any atom is -0.454 e. The van der Waals surface area contributed by atoms with Crippen LogP contribution in [0.1, 0.15) is 18.1 Å². The van der Waals surface area contributed by atoms with E-state index in [9.17, 15) is 0 Å². The molecule has 0 bridgehead atoms. The van der Waals surface area contributed by atoms with E-state index in [1.807, 2.05) is 36.4 Å². The zero-order valence-corrected chi connectivity index (χ0v) is 15.9. The maximum absolute atomic E-state index is 5.79. The Hall–Kier alpha value is -2.73. The predicted octanol–water partition coefficient (Wildman–Crippen LogP) is 2.93. The molecule has 6 nitrogen and oxygen atoms in total. The van der Waals surface area contributed by atoms with Crippen molar-refractivity contribution in [3.05, 3.63) is 59.7 Å². The molecule has 0 spiro atoms. The highest BCUT2D eigenvalue weighted by Crippen LogP contribution is 2.32. The smallest absolute Gasteiger partial charge is 0.231 e. The van der Waals surface area contributed by atoms with E-state index >= 15 is 0 Å². The summed E-state index contributed by atoms with van der Waals surface area (Å²) < 4.78 is 16.5. The molecule has 1 aliphatic rings. The van der Waals surface area contributed by atoms with E-state index in [0.717, 1.165) is 29.6 Å². The summed E-state index contributed by atoms with van der Waals surface area (Å²) in [5.74, 6) is 2.73. The molecule has 0 radical (unpaired) electrons. The Bertz CT molecular complexity index is 750. The molecule has 0 aromatic heterocycles. The monoisotopic (exact) mass is 369 g/mol. The first-order valence-corrected chi connectivity index (χ1v) is 9.19. The molecule has 0 saturated heterocycles. The zero-order chi connectivity index (χ0) is 18.9. The van der Waals surface area contributed by atoms with E-state index < -0.39 is 0 Å². The number of benzene rings is 2. The van der Waals surface area contributed by atoms with Gasteiger partial charge in [-0.15, -0.1) is 0 Å². The highest BCUT2D eigenvalue weighted by atomic mass is 16.7. The molecular formula is C21H27N3O3. The lowest BCUT2D eigenvalue weighted by Crippen LogP contribution is -2.39. The fourth-order valence-corrected chi connectivity index (χ4v) is 2.74. The molecule has 2 aromatic rings. The van der Waals surface area contributed by atoms with Crippen molar-refractivity contribution in [2.24, 2.45) is 10.9 Å². The van der Waals surface area contributed by atoms with Crippen LogP contribution in [0.2, 0.25) is 0 Å². The summed E-state index contributed by atoms with van der Waals surface area (Å²) in [6, 6.07) is 16.2. The van der Waals surface area contributed by atoms with Gasteiger partial charge in [0.2, 0.25) is 6.79 Å². The molecule has 0 aliphatic carbocycles. The standard InChI is InChI=1S/C21H27N3O3/c1-16(13-25-14-17-6-4-3-5-7-17)11-23-21(22-2)24-12-18-8-9-19-20(10-18)27-15-26-19/h3-10,16H,11-15H2,1-2H3,(H2,22,23,24). The number of rotatable bonds is 8. The van der Waals surface area contributed by atoms with E-state index in [1.165, 1.54) is 5.56 Å². The lowest BCUT2D eigenvalue weighted by Gasteiger charge is -2.16. The molecule has 1 unspecified atom stereocenters. The summed E-state index contributed by atoms with van der Waals surface area (Å²) in [5.41, 5.74) is 2.31. The summed E-state index contributed by atoms with van der Waals surface area (Å²) in [4.78, 5) is 4.27. The summed E-state index contributed by atoms with van der Waals surface area (Å²) in [5, 5.41) is 6.66. The Morgan fingerprint density at radius 1 is 1.07 bits per heavy atom. The fraction of sp³-hybridized carbons (Fsp3) is 0.381. The van der Waals surface area contributed by atoms with Crippen molar-refractivity contribution in [2.75, 3.05) is 27.0 Å². The van der Waals surface area contributed by atoms with Crippen molar-refractivity contribution in [3.63, 3.8) is 0 Å². The minimum atomic E-state index is 0.291. The van der Waals surface area contributed by atoms with Gasteiger partial charge in [0.25, 0.3) is 0 Å². The van der Waals surface area contributed by atoms with E-state index in [0.29, 0.717) is 32.5 Å². The summed E-state index contributed by atoms with van der Waals surface area (Å²) in [6.45, 7) is 5.23. The average Bonchev–Trinajstić information content (AvgIpc) is 3.17. The number of aliphatic imine (C=N–C) groups is 1. The molecule has 6 heteroatoms. The van der Waals surface area contributed by atoms with Gasteiger partial charge in [-0.25, -0.2) is 0 Å². The van der Waals surface area contributed by atoms with E-state index in [2.05, 4.69) is 34.7 Å². The van der Waals surface area contributed by atoms with Gasteiger partial charge in [0, 0.05) is 20.1 Å². The number of fused-ring (bicyclic) bond motifs is 1. The Morgan fingerprint density at radius 3 is 2.70 bits per heavy atom. The van der Waals surface area contributed by atoms with Crippen molar-refractivity contribution in [3.8, 4) is 11.5 Å². The number of nitrogens with zero attached hydrogens (tertiary/aromatic N) is 1. The van der Waals surface area contributed by atoms with Crippen molar-refractivity contribution in [1.82, 2.24) is 10.6 Å². The van der Waals surface area contributed by atoms with Crippen molar-refractivity contribution in [1.29, 1.82) is 0 Å². The molecule has 3 rings (SSSR count). The zero-order valence-electron chi connectivity index (χ0n) is 15.9. The Labute approximate surface area is 160 Å². The van der Waals surface area contributed by atoms with Crippen LogP contribution in [-0.2, 0) is 17.9 Å². The first-order chi connectivity index (χ1) is 13.2. The molecule has 0 fully saturated rings. The maximum atomic E-state index is 5.79. The molecular weight excluding hydrogens is 342 g/mol. The third-order valence-corrected chi connectivity index (χ3v) is 4.25. The van der Waals surface area contributed by atoms with Crippen LogP contribution in [0.4, 0.5) is 0 Å². The highest BCUT2D eigenvalue weighted by molar-refractivity contribution is 5.79. The first-order valence-electron chi connectivity index (χ1n) is 9.19. The molecule has 27 heavy (non-hydrogen) atoms. The van der Waals surface area contributed by atoms with Gasteiger partial charge in [-0.2, -0.15) is 0 Å². The topological polar surface area (TPSA) is 64.1 Å². The maximum Gasteiger partial charge on any atom is 0.231 e. The predicted molar refractivity (Wildman–Crippen MR) is 106 cm³/mol. The lowest BCUT2D eigenvalue weighted by atomic mass is 10.2. The average molecular weight is 369 g/mol. The Morgan fingerprint density at radius 2 is 1.89 bits per heavy atom. The number of guanidine groups is 1. The van der Waals surface area contributed by atoms with Crippen LogP contribution in [0.5, 0.6) is 11.5 Å². The van der Waals surface area contributed by atoms with Crippen LogP contribution in [-0.4, -0.2) is 33.0 Å². The Kier molecular flexibility index (Phi) is 6.93. The molecule has 0 amide bonds. The second-order valence-corrected chi connectivity index (χ2v) is 6.60. The van der Waals surface area contributed by atoms with Gasteiger partial charge in [-0.05, 0) is 29.2 Å². The van der Waals surface area contributed by atoms with Gasteiger partial charge in [0.05, 0.1) is 13.2 Å². The molecule has 1 atom stereocenters. The number of hydrogen-bond donors (Lipinski definition) is 2. The quantitative estimate of drug-likeness (QED) is 0.553. The van der Waals surface area contributed by atoms with Crippen LogP contribution >= 0.6 is 0 Å². The molecule has 2 N–H and O–H groups in total. The van der Waals surface area contributed by atoms with Gasteiger partial charge in [-0.3, -0.25) is 4.99 Å². The molecule has 144 valence electrons. The number of ether oxygens (including phenoxy) is 3. The van der Waals surface area contributed by atoms with Crippen LogP contribution in [0.15, 0.2) is 53.5 Å². The van der Waals surface area contributed by atoms with Gasteiger partial charge in [0.15, 0.2) is 17.5 Å². The van der Waals surface area contributed by atoms with E-state index in [1.54, 1.807) is 7.05 Å². The summed E-state index contributed by atoms with van der Waals surface area (Å²) >= 11 is 0. The highest BCUT2D eigenvalue weighted by Gasteiger charge is 2.13. The lowest BCUT2D eigenvalue weighted by molar-refractivity contribution is 0.0931. The first kappa shape index (κ1) is 19.0. The van der Waals surface area contributed by atoms with E-state index in [-0.39, 0.29) is 0 Å². The SMILES string of the molecule is CN=C(NCc1ccc2c(c1)OCO2)NCC(C)COCc1ccccc1. The molecule has 0 saturated carbocycles. The number of hydrogen-bond acceptors (Lipinski definition) is 4. The van der Waals surface area contributed by atoms with Crippen molar-refractivity contribution in [2.45, 2.75) is 20.1 Å². The van der Waals surface area contributed by atoms with Gasteiger partial charge in [-0.1, -0.05) is 43.3 Å². The second-order valence-electron chi connectivity index (χ2n) is 6.60. The summed E-state index contributed by atoms with van der Waals surface area (Å²) in [6.07, 6.45) is 0. The van der Waals surface area contributed by atoms with Gasteiger partial charge in [0.1, 0.15) is 0 Å². The van der Waals surface area contributed by atoms with Crippen molar-refractivity contribution < 1.29 is 14.2 Å². The third-order valence-electron chi connectivity index (χ3n) is 4.25. The third kappa shape index (κ3) is 5.89. The molecule has 1 heterocycles. The second kappa shape index (κ2) is 9.83. The van der Waals surface area contributed by atoms with Gasteiger partial charge < -0.3 is 24.8 Å². The fourth-order valence-electron chi connectivity index (χ4n) is 2.74. The van der Waals surface area contributed by atoms with E-state index in [4.69, 9.17) is 14.2 Å². The van der Waals surface area contributed by atoms with Crippen molar-refractivity contribution >= 4 is 5.96 Å². The number of nitrogens with one attached hydrogen (secondary N) is 2. The summed E-state index contributed by atoms with van der Waals surface area (Å²) in [7, 11) is 1.77. The Balaban J connectivity index is 1.36. The van der Waals surface area contributed by atoms with Crippen LogP contribution in [0.3, 0.4) is 0 Å². The largest absolute Gasteiger partial charge is 0.454 e. The normalized spacial score (nSPS) is 14.1. The van der Waals surface area contributed by atoms with Crippen LogP contribution in [0, 0.1) is 5.92 Å². The minimum absolute atomic E-state index is 0.291.